The van der Waals surface area contributed by atoms with Gasteiger partial charge in [0.15, 0.2) is 0 Å². The average molecular weight is 477 g/mol. The molecule has 0 aromatic carbocycles. The Morgan fingerprint density at radius 1 is 0.971 bits per heavy atom. The molecule has 4 nitrogen and oxygen atoms in total. The van der Waals surface area contributed by atoms with Gasteiger partial charge in [-0.2, -0.15) is 0 Å². The van der Waals surface area contributed by atoms with Gasteiger partial charge in [-0.25, -0.2) is 0 Å². The Kier molecular flexibility index (Phi) is 6.50. The van der Waals surface area contributed by atoms with Crippen molar-refractivity contribution in [3.8, 4) is 0 Å². The summed E-state index contributed by atoms with van der Waals surface area (Å²) in [5.41, 5.74) is 0.184. The third kappa shape index (κ3) is 3.60. The average Bonchev–Trinajstić information content (AvgIpc) is 2.99. The van der Waals surface area contributed by atoms with Crippen molar-refractivity contribution in [1.29, 1.82) is 0 Å². The van der Waals surface area contributed by atoms with Gasteiger partial charge in [-0.15, -0.1) is 0 Å². The largest absolute Gasteiger partial charge is 0.393 e. The number of aliphatic hydroxyl groups is 4. The van der Waals surface area contributed by atoms with Crippen LogP contribution in [0.5, 0.6) is 0 Å². The Labute approximate surface area is 208 Å². The van der Waals surface area contributed by atoms with Gasteiger partial charge in [0.2, 0.25) is 0 Å². The number of allylic oxidation sites excluding steroid dienone is 1. The zero-order valence-electron chi connectivity index (χ0n) is 23.1. The summed E-state index contributed by atoms with van der Waals surface area (Å²) in [7, 11) is 0. The highest BCUT2D eigenvalue weighted by Gasteiger charge is 2.70. The molecule has 4 aliphatic carbocycles. The Morgan fingerprint density at radius 2 is 1.62 bits per heavy atom. The summed E-state index contributed by atoms with van der Waals surface area (Å²) in [6.45, 7) is 17.4. The van der Waals surface area contributed by atoms with E-state index >= 15 is 0 Å². The minimum absolute atomic E-state index is 0.0603. The van der Waals surface area contributed by atoms with E-state index in [1.165, 1.54) is 18.4 Å². The lowest BCUT2D eigenvalue weighted by Gasteiger charge is -2.67. The monoisotopic (exact) mass is 476 g/mol. The highest BCUT2D eigenvalue weighted by Crippen LogP contribution is 2.74. The molecular formula is C30H52O4. The summed E-state index contributed by atoms with van der Waals surface area (Å²) in [5, 5.41) is 43.3. The molecular weight excluding hydrogens is 424 g/mol. The molecule has 0 spiro atoms. The van der Waals surface area contributed by atoms with Gasteiger partial charge in [0, 0.05) is 10.8 Å². The lowest BCUT2D eigenvalue weighted by Crippen LogP contribution is -2.64. The first-order chi connectivity index (χ1) is 15.5. The molecule has 4 aliphatic rings. The van der Waals surface area contributed by atoms with Gasteiger partial charge in [-0.1, -0.05) is 53.2 Å². The molecule has 0 aromatic heterocycles. The van der Waals surface area contributed by atoms with Crippen LogP contribution in [-0.4, -0.2) is 44.3 Å². The molecule has 4 heteroatoms. The fourth-order valence-electron chi connectivity index (χ4n) is 9.64. The topological polar surface area (TPSA) is 80.9 Å². The second kappa shape index (κ2) is 8.30. The normalized spacial score (nSPS) is 47.8. The van der Waals surface area contributed by atoms with Crippen LogP contribution in [0.4, 0.5) is 0 Å². The molecule has 3 saturated carbocycles. The van der Waals surface area contributed by atoms with E-state index in [-0.39, 0.29) is 33.9 Å². The summed E-state index contributed by atoms with van der Waals surface area (Å²) < 4.78 is 0. The van der Waals surface area contributed by atoms with Crippen LogP contribution >= 0.6 is 0 Å². The van der Waals surface area contributed by atoms with E-state index in [9.17, 15) is 20.4 Å². The first-order valence-electron chi connectivity index (χ1n) is 14.0. The van der Waals surface area contributed by atoms with Crippen molar-refractivity contribution in [2.45, 2.75) is 131 Å². The van der Waals surface area contributed by atoms with Crippen LogP contribution in [0.3, 0.4) is 0 Å². The van der Waals surface area contributed by atoms with Crippen LogP contribution < -0.4 is 0 Å². The number of rotatable bonds is 5. The summed E-state index contributed by atoms with van der Waals surface area (Å²) in [6.07, 6.45) is 8.64. The molecule has 0 aliphatic heterocycles. The van der Waals surface area contributed by atoms with Crippen molar-refractivity contribution in [1.82, 2.24) is 0 Å². The minimum Gasteiger partial charge on any atom is -0.393 e. The van der Waals surface area contributed by atoms with E-state index in [0.717, 1.165) is 32.1 Å². The molecule has 0 radical (unpaired) electrons. The summed E-state index contributed by atoms with van der Waals surface area (Å²) >= 11 is 0. The molecule has 0 saturated heterocycles. The van der Waals surface area contributed by atoms with Gasteiger partial charge in [0.25, 0.3) is 0 Å². The van der Waals surface area contributed by atoms with Gasteiger partial charge in [0.05, 0.1) is 23.9 Å². The highest BCUT2D eigenvalue weighted by atomic mass is 16.3. The molecule has 3 fully saturated rings. The summed E-state index contributed by atoms with van der Waals surface area (Å²) in [6, 6.07) is 0. The number of aliphatic hydroxyl groups excluding tert-OH is 3. The van der Waals surface area contributed by atoms with Gasteiger partial charge >= 0.3 is 0 Å². The van der Waals surface area contributed by atoms with E-state index in [4.69, 9.17) is 0 Å². The first kappa shape index (κ1) is 26.6. The Balaban J connectivity index is 1.63. The van der Waals surface area contributed by atoms with Crippen LogP contribution in [-0.2, 0) is 0 Å². The first-order valence-corrected chi connectivity index (χ1v) is 14.0. The van der Waals surface area contributed by atoms with Crippen molar-refractivity contribution in [3.63, 3.8) is 0 Å². The molecule has 0 bridgehead atoms. The number of hydrogen-bond donors (Lipinski definition) is 4. The van der Waals surface area contributed by atoms with Crippen molar-refractivity contribution >= 4 is 0 Å². The zero-order chi connectivity index (χ0) is 25.5. The SMILES string of the molecule is C[C@H](CC[C@@H](O)C(C)(C)O)[C@H]1CC[C@@]2(C)[C@H]3CC=C4[C@@H](CC[C@H](O)C4(C)C)[C@]3(C)[C@H](O)C[C@]12C. The summed E-state index contributed by atoms with van der Waals surface area (Å²) in [4.78, 5) is 0. The Morgan fingerprint density at radius 3 is 2.24 bits per heavy atom. The molecule has 0 amide bonds. The quantitative estimate of drug-likeness (QED) is 0.397. The van der Waals surface area contributed by atoms with Crippen LogP contribution in [0.15, 0.2) is 11.6 Å². The smallest absolute Gasteiger partial charge is 0.0849 e. The predicted octanol–water partition coefficient (Wildman–Crippen LogP) is 5.47. The number of fused-ring (bicyclic) bond motifs is 5. The van der Waals surface area contributed by atoms with E-state index in [1.54, 1.807) is 13.8 Å². The van der Waals surface area contributed by atoms with Crippen molar-refractivity contribution in [3.05, 3.63) is 11.6 Å². The zero-order valence-corrected chi connectivity index (χ0v) is 23.1. The fraction of sp³-hybridized carbons (Fsp3) is 0.933. The van der Waals surface area contributed by atoms with Gasteiger partial charge in [-0.3, -0.25) is 0 Å². The molecule has 10 atom stereocenters. The second-order valence-corrected chi connectivity index (χ2v) is 14.6. The van der Waals surface area contributed by atoms with E-state index < -0.39 is 11.7 Å². The molecule has 0 aromatic rings. The van der Waals surface area contributed by atoms with Crippen molar-refractivity contribution in [2.75, 3.05) is 0 Å². The second-order valence-electron chi connectivity index (χ2n) is 14.6. The molecule has 0 unspecified atom stereocenters. The Bertz CT molecular complexity index is 811. The van der Waals surface area contributed by atoms with Crippen LogP contribution in [0.1, 0.15) is 107 Å². The van der Waals surface area contributed by atoms with Crippen molar-refractivity contribution < 1.29 is 20.4 Å². The third-order valence-corrected chi connectivity index (χ3v) is 12.4. The maximum absolute atomic E-state index is 11.9. The molecule has 196 valence electrons. The van der Waals surface area contributed by atoms with Crippen LogP contribution in [0.2, 0.25) is 0 Å². The van der Waals surface area contributed by atoms with E-state index in [2.05, 4.69) is 47.6 Å². The number of hydrogen-bond acceptors (Lipinski definition) is 4. The lowest BCUT2D eigenvalue weighted by atomic mass is 9.38. The predicted molar refractivity (Wildman–Crippen MR) is 137 cm³/mol. The van der Waals surface area contributed by atoms with E-state index in [1.807, 2.05) is 0 Å². The maximum Gasteiger partial charge on any atom is 0.0849 e. The summed E-state index contributed by atoms with van der Waals surface area (Å²) in [5.74, 6) is 1.74. The molecule has 4 N–H and O–H groups in total. The third-order valence-electron chi connectivity index (χ3n) is 12.4. The van der Waals surface area contributed by atoms with Crippen LogP contribution in [0.25, 0.3) is 0 Å². The molecule has 4 rings (SSSR count). The fourth-order valence-corrected chi connectivity index (χ4v) is 9.64. The molecule has 0 heterocycles. The van der Waals surface area contributed by atoms with Crippen LogP contribution in [0, 0.1) is 45.3 Å². The molecule has 34 heavy (non-hydrogen) atoms. The van der Waals surface area contributed by atoms with Crippen molar-refractivity contribution in [2.24, 2.45) is 45.3 Å². The maximum atomic E-state index is 11.9. The lowest BCUT2D eigenvalue weighted by molar-refractivity contribution is -0.204. The van der Waals surface area contributed by atoms with Gasteiger partial charge in [-0.05, 0) is 99.7 Å². The van der Waals surface area contributed by atoms with Gasteiger partial charge < -0.3 is 20.4 Å². The highest BCUT2D eigenvalue weighted by molar-refractivity contribution is 5.31. The van der Waals surface area contributed by atoms with E-state index in [0.29, 0.717) is 30.1 Å². The van der Waals surface area contributed by atoms with Gasteiger partial charge in [0.1, 0.15) is 0 Å². The standard InChI is InChI=1S/C30H52O4/c1-18(9-13-24(32)27(4,5)34)19-15-16-28(6)22-12-10-20-21(11-14-23(31)26(20,2)3)30(22,8)25(33)17-29(19,28)7/h10,18-19,21-25,31-34H,9,11-17H2,1-8H3/t18-,19-,21-,22-,23+,24-,25-,28+,29-,30+/m1/s1. The Hall–Kier alpha value is -0.420. The minimum atomic E-state index is -1.07.